The molecule has 0 aromatic rings. The van der Waals surface area contributed by atoms with Gasteiger partial charge in [0.15, 0.2) is 0 Å². The average molecular weight is 279 g/mol. The first-order chi connectivity index (χ1) is 9.72. The van der Waals surface area contributed by atoms with E-state index in [0.29, 0.717) is 24.4 Å². The summed E-state index contributed by atoms with van der Waals surface area (Å²) in [6, 6.07) is 0.403. The molecule has 2 amide bonds. The van der Waals surface area contributed by atoms with E-state index in [4.69, 9.17) is 0 Å². The average Bonchev–Trinajstić information content (AvgIpc) is 3.18. The van der Waals surface area contributed by atoms with E-state index < -0.39 is 0 Å². The molecule has 1 heterocycles. The lowest BCUT2D eigenvalue weighted by Crippen LogP contribution is -2.52. The minimum Gasteiger partial charge on any atom is -0.352 e. The summed E-state index contributed by atoms with van der Waals surface area (Å²) in [7, 11) is 0. The Labute approximate surface area is 120 Å². The molecule has 0 spiro atoms. The van der Waals surface area contributed by atoms with Gasteiger partial charge in [0.2, 0.25) is 11.8 Å². The van der Waals surface area contributed by atoms with Crippen LogP contribution >= 0.6 is 0 Å². The second kappa shape index (κ2) is 6.12. The van der Waals surface area contributed by atoms with E-state index >= 15 is 0 Å². The largest absolute Gasteiger partial charge is 0.352 e. The highest BCUT2D eigenvalue weighted by Crippen LogP contribution is 2.31. The summed E-state index contributed by atoms with van der Waals surface area (Å²) >= 11 is 0. The van der Waals surface area contributed by atoms with Gasteiger partial charge in [0.25, 0.3) is 0 Å². The van der Waals surface area contributed by atoms with Crippen LogP contribution in [0, 0.1) is 5.92 Å². The Morgan fingerprint density at radius 2 is 1.60 bits per heavy atom. The summed E-state index contributed by atoms with van der Waals surface area (Å²) in [5.74, 6) is 0.797. The van der Waals surface area contributed by atoms with Gasteiger partial charge in [0.1, 0.15) is 0 Å². The number of hydrogen-bond acceptors (Lipinski definition) is 3. The first kappa shape index (κ1) is 13.9. The third-order valence-corrected chi connectivity index (χ3v) is 4.70. The van der Waals surface area contributed by atoms with Gasteiger partial charge in [0, 0.05) is 38.1 Å². The van der Waals surface area contributed by atoms with E-state index in [0.717, 1.165) is 51.9 Å². The third-order valence-electron chi connectivity index (χ3n) is 4.70. The van der Waals surface area contributed by atoms with Crippen molar-refractivity contribution < 1.29 is 9.59 Å². The second-order valence-corrected chi connectivity index (χ2v) is 6.42. The van der Waals surface area contributed by atoms with Crippen LogP contribution in [0.3, 0.4) is 0 Å². The van der Waals surface area contributed by atoms with E-state index in [1.165, 1.54) is 12.8 Å². The fraction of sp³-hybridized carbons (Fsp3) is 0.867. The third kappa shape index (κ3) is 3.51. The molecule has 2 aliphatic carbocycles. The lowest BCUT2D eigenvalue weighted by molar-refractivity contribution is -0.134. The molecule has 0 unspecified atom stereocenters. The molecule has 5 heteroatoms. The quantitative estimate of drug-likeness (QED) is 0.820. The first-order valence-corrected chi connectivity index (χ1v) is 8.03. The minimum atomic E-state index is 0.152. The molecule has 0 aromatic carbocycles. The van der Waals surface area contributed by atoms with Crippen molar-refractivity contribution in [3.8, 4) is 0 Å². The molecule has 5 nitrogen and oxygen atoms in total. The number of amides is 2. The maximum absolute atomic E-state index is 12.0. The molecule has 20 heavy (non-hydrogen) atoms. The molecule has 2 saturated carbocycles. The predicted octanol–water partition coefficient (Wildman–Crippen LogP) is 0.599. The van der Waals surface area contributed by atoms with Crippen LogP contribution in [0.15, 0.2) is 0 Å². The monoisotopic (exact) mass is 279 g/mol. The molecule has 1 aliphatic heterocycles. The Morgan fingerprint density at radius 1 is 0.950 bits per heavy atom. The summed E-state index contributed by atoms with van der Waals surface area (Å²) in [6.45, 7) is 3.72. The standard InChI is InChI=1S/C15H25N3O2/c19-14(16-13-3-1-2-4-13)11-17-7-9-18(10-8-17)15(20)12-5-6-12/h12-13H,1-11H2,(H,16,19). The highest BCUT2D eigenvalue weighted by atomic mass is 16.2. The van der Waals surface area contributed by atoms with E-state index in [2.05, 4.69) is 10.2 Å². The van der Waals surface area contributed by atoms with Gasteiger partial charge in [-0.3, -0.25) is 14.5 Å². The molecule has 0 aromatic heterocycles. The highest BCUT2D eigenvalue weighted by Gasteiger charge is 2.34. The lowest BCUT2D eigenvalue weighted by atomic mass is 10.2. The number of hydrogen-bond donors (Lipinski definition) is 1. The van der Waals surface area contributed by atoms with Gasteiger partial charge >= 0.3 is 0 Å². The predicted molar refractivity (Wildman–Crippen MR) is 76.1 cm³/mol. The Hall–Kier alpha value is -1.10. The van der Waals surface area contributed by atoms with Crippen molar-refractivity contribution in [2.75, 3.05) is 32.7 Å². The summed E-state index contributed by atoms with van der Waals surface area (Å²) < 4.78 is 0. The van der Waals surface area contributed by atoms with Crippen LogP contribution in [0.5, 0.6) is 0 Å². The zero-order chi connectivity index (χ0) is 13.9. The molecular weight excluding hydrogens is 254 g/mol. The van der Waals surface area contributed by atoms with Gasteiger partial charge in [0.05, 0.1) is 6.54 Å². The van der Waals surface area contributed by atoms with Crippen LogP contribution in [-0.4, -0.2) is 60.4 Å². The maximum Gasteiger partial charge on any atom is 0.234 e. The molecule has 3 aliphatic rings. The molecule has 3 fully saturated rings. The lowest BCUT2D eigenvalue weighted by Gasteiger charge is -2.34. The fourth-order valence-corrected chi connectivity index (χ4v) is 3.26. The smallest absolute Gasteiger partial charge is 0.234 e. The van der Waals surface area contributed by atoms with Crippen molar-refractivity contribution in [2.45, 2.75) is 44.6 Å². The summed E-state index contributed by atoms with van der Waals surface area (Å²) in [4.78, 5) is 28.1. The van der Waals surface area contributed by atoms with Gasteiger partial charge < -0.3 is 10.2 Å². The van der Waals surface area contributed by atoms with Crippen molar-refractivity contribution in [2.24, 2.45) is 5.92 Å². The Kier molecular flexibility index (Phi) is 4.24. The molecule has 1 saturated heterocycles. The number of rotatable bonds is 4. The molecule has 112 valence electrons. The number of nitrogens with one attached hydrogen (secondary N) is 1. The number of piperazine rings is 1. The zero-order valence-electron chi connectivity index (χ0n) is 12.1. The van der Waals surface area contributed by atoms with Crippen LogP contribution in [-0.2, 0) is 9.59 Å². The maximum atomic E-state index is 12.0. The first-order valence-electron chi connectivity index (χ1n) is 8.03. The Bertz CT molecular complexity index is 367. The van der Waals surface area contributed by atoms with Gasteiger partial charge in [-0.15, -0.1) is 0 Å². The van der Waals surface area contributed by atoms with Gasteiger partial charge in [-0.05, 0) is 25.7 Å². The Morgan fingerprint density at radius 3 is 2.20 bits per heavy atom. The van der Waals surface area contributed by atoms with Crippen LogP contribution in [0.1, 0.15) is 38.5 Å². The molecule has 1 N–H and O–H groups in total. The van der Waals surface area contributed by atoms with Gasteiger partial charge in [-0.2, -0.15) is 0 Å². The van der Waals surface area contributed by atoms with Crippen molar-refractivity contribution in [1.82, 2.24) is 15.1 Å². The van der Waals surface area contributed by atoms with Gasteiger partial charge in [-0.25, -0.2) is 0 Å². The van der Waals surface area contributed by atoms with Crippen molar-refractivity contribution in [3.63, 3.8) is 0 Å². The van der Waals surface area contributed by atoms with E-state index in [9.17, 15) is 9.59 Å². The summed E-state index contributed by atoms with van der Waals surface area (Å²) in [5.41, 5.74) is 0. The molecule has 3 rings (SSSR count). The van der Waals surface area contributed by atoms with Crippen LogP contribution in [0.25, 0.3) is 0 Å². The normalized spacial score (nSPS) is 24.9. The minimum absolute atomic E-state index is 0.152. The van der Waals surface area contributed by atoms with E-state index in [1.807, 2.05) is 4.90 Å². The summed E-state index contributed by atoms with van der Waals surface area (Å²) in [5, 5.41) is 3.13. The molecule has 0 atom stereocenters. The van der Waals surface area contributed by atoms with E-state index in [-0.39, 0.29) is 5.91 Å². The van der Waals surface area contributed by atoms with E-state index in [1.54, 1.807) is 0 Å². The van der Waals surface area contributed by atoms with Crippen LogP contribution in [0.4, 0.5) is 0 Å². The number of carbonyl (C=O) groups is 2. The summed E-state index contributed by atoms with van der Waals surface area (Å²) in [6.07, 6.45) is 6.90. The zero-order valence-corrected chi connectivity index (χ0v) is 12.1. The Balaban J connectivity index is 1.37. The second-order valence-electron chi connectivity index (χ2n) is 6.42. The fourth-order valence-electron chi connectivity index (χ4n) is 3.26. The van der Waals surface area contributed by atoms with Crippen molar-refractivity contribution in [1.29, 1.82) is 0 Å². The number of carbonyl (C=O) groups excluding carboxylic acids is 2. The SMILES string of the molecule is O=C(CN1CCN(C(=O)C2CC2)CC1)NC1CCCC1. The molecular formula is C15H25N3O2. The van der Waals surface area contributed by atoms with Crippen LogP contribution < -0.4 is 5.32 Å². The van der Waals surface area contributed by atoms with Crippen molar-refractivity contribution >= 4 is 11.8 Å². The molecule has 0 bridgehead atoms. The van der Waals surface area contributed by atoms with Crippen LogP contribution in [0.2, 0.25) is 0 Å². The topological polar surface area (TPSA) is 52.7 Å². The van der Waals surface area contributed by atoms with Gasteiger partial charge in [-0.1, -0.05) is 12.8 Å². The molecule has 0 radical (unpaired) electrons. The van der Waals surface area contributed by atoms with Crippen molar-refractivity contribution in [3.05, 3.63) is 0 Å². The highest BCUT2D eigenvalue weighted by molar-refractivity contribution is 5.81. The number of nitrogens with zero attached hydrogens (tertiary/aromatic N) is 2.